The van der Waals surface area contributed by atoms with Crippen LogP contribution < -0.4 is 0 Å². The molecule has 0 N–H and O–H groups in total. The number of allylic oxidation sites excluding steroid dienone is 5. The van der Waals surface area contributed by atoms with Crippen molar-refractivity contribution in [2.75, 3.05) is 0 Å². The van der Waals surface area contributed by atoms with Gasteiger partial charge >= 0.3 is 0 Å². The topological polar surface area (TPSA) is 38.7 Å². The van der Waals surface area contributed by atoms with Crippen LogP contribution in [0.4, 0.5) is 0 Å². The van der Waals surface area contributed by atoms with Gasteiger partial charge in [0.25, 0.3) is 0 Å². The molecule has 0 fully saturated rings. The lowest BCUT2D eigenvalue weighted by Crippen LogP contribution is -2.01. The lowest BCUT2D eigenvalue weighted by Gasteiger charge is -2.08. The van der Waals surface area contributed by atoms with E-state index in [2.05, 4.69) is 43.0 Å². The van der Waals surface area contributed by atoms with Crippen molar-refractivity contribution in [3.05, 3.63) is 150 Å². The molecule has 0 atom stereocenters. The van der Waals surface area contributed by atoms with Gasteiger partial charge < -0.3 is 0 Å². The van der Waals surface area contributed by atoms with Gasteiger partial charge in [0.05, 0.1) is 0 Å². The van der Waals surface area contributed by atoms with Crippen molar-refractivity contribution in [3.63, 3.8) is 0 Å². The Bertz CT molecular complexity index is 1550. The molecule has 4 heteroatoms. The van der Waals surface area contributed by atoms with Crippen LogP contribution in [-0.4, -0.2) is 15.0 Å². The normalized spacial score (nSPS) is 11.8. The molecule has 0 unspecified atom stereocenters. The minimum absolute atomic E-state index is 0.481. The fourth-order valence-corrected chi connectivity index (χ4v) is 4.37. The minimum Gasteiger partial charge on any atom is -0.208 e. The Morgan fingerprint density at radius 2 is 1.03 bits per heavy atom. The van der Waals surface area contributed by atoms with E-state index in [9.17, 15) is 0 Å². The summed E-state index contributed by atoms with van der Waals surface area (Å²) in [5.41, 5.74) is 6.93. The van der Waals surface area contributed by atoms with E-state index in [1.165, 1.54) is 11.1 Å². The summed E-state index contributed by atoms with van der Waals surface area (Å²) in [6.45, 7) is 6.26. The summed E-state index contributed by atoms with van der Waals surface area (Å²) in [7, 11) is 0. The van der Waals surface area contributed by atoms with Gasteiger partial charge in [0.15, 0.2) is 17.5 Å². The predicted molar refractivity (Wildman–Crippen MR) is 159 cm³/mol. The summed E-state index contributed by atoms with van der Waals surface area (Å²) < 4.78 is 0. The van der Waals surface area contributed by atoms with Crippen molar-refractivity contribution in [2.45, 2.75) is 6.92 Å². The second kappa shape index (κ2) is 11.6. The number of benzene rings is 4. The number of nitrogens with zero attached hydrogens (tertiary/aromatic N) is 3. The van der Waals surface area contributed by atoms with Crippen molar-refractivity contribution in [2.24, 2.45) is 0 Å². The SMILES string of the molecule is C=C(/C=C(Cl)\C=C(/C)c1ccc(-c2ccccc2)cc1)c1nc(-c2ccccc2)nc(-c2ccccc2)n1. The molecular weight excluding hydrogens is 486 g/mol. The summed E-state index contributed by atoms with van der Waals surface area (Å²) in [6, 6.07) is 38.5. The van der Waals surface area contributed by atoms with Crippen molar-refractivity contribution >= 4 is 22.7 Å². The Hall–Kier alpha value is -4.60. The van der Waals surface area contributed by atoms with Crippen LogP contribution in [0, 0.1) is 0 Å². The quantitative estimate of drug-likeness (QED) is 0.204. The van der Waals surface area contributed by atoms with Gasteiger partial charge in [-0.25, -0.2) is 15.0 Å². The average Bonchev–Trinajstić information content (AvgIpc) is 2.98. The van der Waals surface area contributed by atoms with Gasteiger partial charge in [-0.15, -0.1) is 0 Å². The Morgan fingerprint density at radius 1 is 0.579 bits per heavy atom. The standard InChI is InChI=1S/C34H26ClN3/c1-24(26-18-20-28(21-19-26)27-12-6-3-7-13-27)22-31(35)23-25(2)32-36-33(29-14-8-4-9-15-29)38-34(37-32)30-16-10-5-11-17-30/h3-23H,2H2,1H3/b24-22+,31-23+. The fourth-order valence-electron chi connectivity index (χ4n) is 4.07. The first-order valence-corrected chi connectivity index (χ1v) is 12.7. The average molecular weight is 512 g/mol. The monoisotopic (exact) mass is 511 g/mol. The van der Waals surface area contributed by atoms with E-state index in [1.54, 1.807) is 6.08 Å². The second-order valence-electron chi connectivity index (χ2n) is 8.86. The largest absolute Gasteiger partial charge is 0.208 e. The van der Waals surface area contributed by atoms with Crippen LogP contribution in [0.1, 0.15) is 18.3 Å². The minimum atomic E-state index is 0.481. The van der Waals surface area contributed by atoms with Crippen molar-refractivity contribution in [3.8, 4) is 33.9 Å². The summed E-state index contributed by atoms with van der Waals surface area (Å²) in [5.74, 6) is 1.66. The molecule has 0 aliphatic rings. The highest BCUT2D eigenvalue weighted by Crippen LogP contribution is 2.26. The molecular formula is C34H26ClN3. The van der Waals surface area contributed by atoms with Gasteiger partial charge in [0.1, 0.15) is 0 Å². The van der Waals surface area contributed by atoms with Gasteiger partial charge in [-0.3, -0.25) is 0 Å². The van der Waals surface area contributed by atoms with Gasteiger partial charge in [-0.2, -0.15) is 0 Å². The summed E-state index contributed by atoms with van der Waals surface area (Å²) in [6.07, 6.45) is 3.73. The molecule has 4 aromatic carbocycles. The van der Waals surface area contributed by atoms with E-state index in [0.717, 1.165) is 22.3 Å². The first-order chi connectivity index (χ1) is 18.6. The zero-order valence-corrected chi connectivity index (χ0v) is 21.8. The molecule has 0 aliphatic carbocycles. The Balaban J connectivity index is 1.42. The van der Waals surface area contributed by atoms with E-state index in [0.29, 0.717) is 28.1 Å². The van der Waals surface area contributed by atoms with E-state index in [-0.39, 0.29) is 0 Å². The van der Waals surface area contributed by atoms with Gasteiger partial charge in [-0.1, -0.05) is 133 Å². The molecule has 5 aromatic rings. The van der Waals surface area contributed by atoms with E-state index < -0.39 is 0 Å². The molecule has 0 amide bonds. The number of halogens is 1. The second-order valence-corrected chi connectivity index (χ2v) is 9.30. The number of rotatable bonds is 7. The molecule has 3 nitrogen and oxygen atoms in total. The zero-order chi connectivity index (χ0) is 26.3. The van der Waals surface area contributed by atoms with Crippen LogP contribution in [0.3, 0.4) is 0 Å². The molecule has 0 aliphatic heterocycles. The molecule has 0 radical (unpaired) electrons. The molecule has 0 saturated heterocycles. The third-order valence-electron chi connectivity index (χ3n) is 6.10. The van der Waals surface area contributed by atoms with Crippen molar-refractivity contribution in [1.29, 1.82) is 0 Å². The van der Waals surface area contributed by atoms with Crippen LogP contribution in [0.15, 0.2) is 139 Å². The predicted octanol–water partition coefficient (Wildman–Crippen LogP) is 9.11. The molecule has 38 heavy (non-hydrogen) atoms. The maximum absolute atomic E-state index is 6.66. The molecule has 0 spiro atoms. The molecule has 1 heterocycles. The first-order valence-electron chi connectivity index (χ1n) is 12.3. The van der Waals surface area contributed by atoms with Gasteiger partial charge in [0.2, 0.25) is 0 Å². The summed E-state index contributed by atoms with van der Waals surface area (Å²) >= 11 is 6.66. The first kappa shape index (κ1) is 25.1. The Morgan fingerprint density at radius 3 is 1.53 bits per heavy atom. The number of hydrogen-bond donors (Lipinski definition) is 0. The van der Waals surface area contributed by atoms with Crippen molar-refractivity contribution in [1.82, 2.24) is 15.0 Å². The van der Waals surface area contributed by atoms with Crippen LogP contribution in [0.2, 0.25) is 0 Å². The molecule has 1 aromatic heterocycles. The van der Waals surface area contributed by atoms with Crippen LogP contribution in [0.5, 0.6) is 0 Å². The lowest BCUT2D eigenvalue weighted by atomic mass is 10.0. The molecule has 0 bridgehead atoms. The molecule has 5 rings (SSSR count). The Labute approximate surface area is 228 Å². The number of aromatic nitrogens is 3. The van der Waals surface area contributed by atoms with Crippen molar-refractivity contribution < 1.29 is 0 Å². The fraction of sp³-hybridized carbons (Fsp3) is 0.0294. The summed E-state index contributed by atoms with van der Waals surface area (Å²) in [4.78, 5) is 14.1. The van der Waals surface area contributed by atoms with E-state index in [1.807, 2.05) is 91.9 Å². The maximum atomic E-state index is 6.66. The highest BCUT2D eigenvalue weighted by atomic mass is 35.5. The van der Waals surface area contributed by atoms with E-state index in [4.69, 9.17) is 26.6 Å². The molecule has 184 valence electrons. The van der Waals surface area contributed by atoms with Crippen LogP contribution in [0.25, 0.3) is 45.0 Å². The smallest absolute Gasteiger partial charge is 0.164 e. The highest BCUT2D eigenvalue weighted by molar-refractivity contribution is 6.32. The van der Waals surface area contributed by atoms with Crippen LogP contribution >= 0.6 is 11.6 Å². The van der Waals surface area contributed by atoms with E-state index >= 15 is 0 Å². The van der Waals surface area contributed by atoms with Gasteiger partial charge in [0, 0.05) is 21.7 Å². The maximum Gasteiger partial charge on any atom is 0.164 e. The lowest BCUT2D eigenvalue weighted by molar-refractivity contribution is 1.04. The third kappa shape index (κ3) is 6.03. The zero-order valence-electron chi connectivity index (χ0n) is 21.1. The number of hydrogen-bond acceptors (Lipinski definition) is 3. The van der Waals surface area contributed by atoms with Crippen LogP contribution in [-0.2, 0) is 0 Å². The van der Waals surface area contributed by atoms with Gasteiger partial charge in [-0.05, 0) is 41.3 Å². The third-order valence-corrected chi connectivity index (χ3v) is 6.32. The molecule has 0 saturated carbocycles. The Kier molecular flexibility index (Phi) is 7.67. The summed E-state index contributed by atoms with van der Waals surface area (Å²) in [5, 5.41) is 0.544. The highest BCUT2D eigenvalue weighted by Gasteiger charge is 2.12.